The Bertz CT molecular complexity index is 1170. The number of nitrogens with zero attached hydrogens (tertiary/aromatic N) is 1. The Morgan fingerprint density at radius 1 is 1.44 bits per heavy atom. The molecule has 0 saturated carbocycles. The molecule has 0 unspecified atom stereocenters. The summed E-state index contributed by atoms with van der Waals surface area (Å²) in [6.45, 7) is 0.579. The van der Waals surface area contributed by atoms with Crippen LogP contribution in [0.25, 0.3) is 10.2 Å². The van der Waals surface area contributed by atoms with E-state index >= 15 is 0 Å². The third-order valence-corrected chi connectivity index (χ3v) is 8.39. The number of halogens is 5. The van der Waals surface area contributed by atoms with Crippen LogP contribution in [-0.2, 0) is 16.1 Å². The normalized spacial score (nSPS) is 21.1. The SMILES string of the molecule is N[C@@H]1CC=C[C@@H](OC(=O)C(F)(F)F)[C@H]1c1sc2c(NCc3cccs3)cc(Cl)nc2c1Br. The van der Waals surface area contributed by atoms with Crippen LogP contribution in [0.1, 0.15) is 22.1 Å². The molecule has 0 aliphatic heterocycles. The Morgan fingerprint density at radius 3 is 2.91 bits per heavy atom. The summed E-state index contributed by atoms with van der Waals surface area (Å²) in [5.74, 6) is -2.92. The Morgan fingerprint density at radius 2 is 2.22 bits per heavy atom. The predicted molar refractivity (Wildman–Crippen MR) is 124 cm³/mol. The fraction of sp³-hybridized carbons (Fsp3) is 0.300. The van der Waals surface area contributed by atoms with Gasteiger partial charge in [0.15, 0.2) is 0 Å². The number of carbonyl (C=O) groups excluding carboxylic acids is 1. The summed E-state index contributed by atoms with van der Waals surface area (Å²) in [5.41, 5.74) is 7.58. The molecule has 3 N–H and O–H groups in total. The molecule has 0 spiro atoms. The summed E-state index contributed by atoms with van der Waals surface area (Å²) in [5, 5.41) is 5.59. The minimum atomic E-state index is -5.09. The molecule has 12 heteroatoms. The molecule has 0 fully saturated rings. The highest BCUT2D eigenvalue weighted by molar-refractivity contribution is 9.10. The molecule has 3 atom stereocenters. The van der Waals surface area contributed by atoms with E-state index in [0.717, 1.165) is 15.3 Å². The van der Waals surface area contributed by atoms with E-state index in [1.807, 2.05) is 17.5 Å². The number of anilines is 1. The van der Waals surface area contributed by atoms with Crippen LogP contribution >= 0.6 is 50.2 Å². The van der Waals surface area contributed by atoms with Crippen LogP contribution in [0.4, 0.5) is 18.9 Å². The standard InChI is InChI=1S/C20H16BrClF3N3O2S2/c21-15-16-17(11(7-13(22)28-16)27-8-9-3-2-6-31-9)32-18(15)14-10(26)4-1-5-12(14)30-19(29)20(23,24)25/h1-3,5-7,10,12,14H,4,8,26H2,(H,27,28)/t10-,12-,14+/m1/s1. The van der Waals surface area contributed by atoms with Gasteiger partial charge in [-0.05, 0) is 39.9 Å². The zero-order chi connectivity index (χ0) is 23.0. The maximum atomic E-state index is 12.8. The molecule has 0 radical (unpaired) electrons. The first-order chi connectivity index (χ1) is 15.1. The number of nitrogens with one attached hydrogen (secondary N) is 1. The quantitative estimate of drug-likeness (QED) is 0.217. The van der Waals surface area contributed by atoms with E-state index in [1.165, 1.54) is 17.4 Å². The van der Waals surface area contributed by atoms with Crippen LogP contribution in [0.3, 0.4) is 0 Å². The van der Waals surface area contributed by atoms with Gasteiger partial charge in [-0.3, -0.25) is 0 Å². The first kappa shape index (κ1) is 23.5. The summed E-state index contributed by atoms with van der Waals surface area (Å²) >= 11 is 12.7. The lowest BCUT2D eigenvalue weighted by molar-refractivity contribution is -0.204. The third kappa shape index (κ3) is 4.81. The van der Waals surface area contributed by atoms with Gasteiger partial charge in [0.2, 0.25) is 0 Å². The van der Waals surface area contributed by atoms with Crippen molar-refractivity contribution in [3.8, 4) is 0 Å². The van der Waals surface area contributed by atoms with E-state index in [0.29, 0.717) is 27.8 Å². The summed E-state index contributed by atoms with van der Waals surface area (Å²) in [6, 6.07) is 5.11. The molecule has 3 heterocycles. The number of hydrogen-bond acceptors (Lipinski definition) is 7. The van der Waals surface area contributed by atoms with Crippen molar-refractivity contribution < 1.29 is 22.7 Å². The zero-order valence-corrected chi connectivity index (χ0v) is 20.1. The topological polar surface area (TPSA) is 77.2 Å². The molecule has 4 rings (SSSR count). The Kier molecular flexibility index (Phi) is 6.83. The lowest BCUT2D eigenvalue weighted by atomic mass is 9.86. The monoisotopic (exact) mass is 565 g/mol. The first-order valence-corrected chi connectivity index (χ1v) is 12.3. The van der Waals surface area contributed by atoms with Crippen molar-refractivity contribution in [3.05, 3.63) is 55.1 Å². The maximum absolute atomic E-state index is 12.8. The van der Waals surface area contributed by atoms with Gasteiger partial charge in [-0.1, -0.05) is 23.7 Å². The highest BCUT2D eigenvalue weighted by Gasteiger charge is 2.45. The van der Waals surface area contributed by atoms with Gasteiger partial charge in [-0.25, -0.2) is 9.78 Å². The van der Waals surface area contributed by atoms with Crippen LogP contribution in [0.5, 0.6) is 0 Å². The van der Waals surface area contributed by atoms with E-state index in [1.54, 1.807) is 23.5 Å². The van der Waals surface area contributed by atoms with Gasteiger partial charge in [-0.15, -0.1) is 22.7 Å². The van der Waals surface area contributed by atoms with Crippen molar-refractivity contribution in [1.82, 2.24) is 4.98 Å². The zero-order valence-electron chi connectivity index (χ0n) is 16.2. The molecular weight excluding hydrogens is 551 g/mol. The Hall–Kier alpha value is -1.66. The number of thiophene rings is 2. The second kappa shape index (κ2) is 9.30. The van der Waals surface area contributed by atoms with Crippen LogP contribution in [0.2, 0.25) is 5.15 Å². The first-order valence-electron chi connectivity index (χ1n) is 9.40. The van der Waals surface area contributed by atoms with Crippen molar-refractivity contribution in [2.45, 2.75) is 37.2 Å². The number of carbonyl (C=O) groups is 1. The van der Waals surface area contributed by atoms with Gasteiger partial charge < -0.3 is 15.8 Å². The van der Waals surface area contributed by atoms with E-state index in [-0.39, 0.29) is 5.15 Å². The molecule has 0 saturated heterocycles. The van der Waals surface area contributed by atoms with Crippen molar-refractivity contribution in [3.63, 3.8) is 0 Å². The van der Waals surface area contributed by atoms with E-state index in [2.05, 4.69) is 26.2 Å². The van der Waals surface area contributed by atoms with E-state index in [9.17, 15) is 18.0 Å². The molecule has 3 aromatic heterocycles. The van der Waals surface area contributed by atoms with E-state index in [4.69, 9.17) is 22.1 Å². The number of alkyl halides is 3. The second-order valence-electron chi connectivity index (χ2n) is 7.10. The number of ether oxygens (including phenoxy) is 1. The summed E-state index contributed by atoms with van der Waals surface area (Å²) in [6.07, 6.45) is -2.74. The second-order valence-corrected chi connectivity index (χ2v) is 10.4. The number of rotatable bonds is 5. The fourth-order valence-electron chi connectivity index (χ4n) is 3.49. The van der Waals surface area contributed by atoms with Crippen LogP contribution in [0, 0.1) is 0 Å². The number of fused-ring (bicyclic) bond motifs is 1. The van der Waals surface area contributed by atoms with Crippen LogP contribution < -0.4 is 11.1 Å². The lowest BCUT2D eigenvalue weighted by Gasteiger charge is -2.32. The minimum Gasteiger partial charge on any atom is -0.451 e. The number of esters is 1. The molecule has 32 heavy (non-hydrogen) atoms. The Balaban J connectivity index is 1.72. The average molecular weight is 567 g/mol. The molecule has 5 nitrogen and oxygen atoms in total. The molecular formula is C20H16BrClF3N3O2S2. The lowest BCUT2D eigenvalue weighted by Crippen LogP contribution is -2.41. The van der Waals surface area contributed by atoms with E-state index < -0.39 is 30.2 Å². The van der Waals surface area contributed by atoms with Crippen molar-refractivity contribution >= 4 is 72.1 Å². The Labute approximate surface area is 202 Å². The summed E-state index contributed by atoms with van der Waals surface area (Å²) < 4.78 is 44.6. The number of nitrogens with two attached hydrogens (primary N) is 1. The highest BCUT2D eigenvalue weighted by atomic mass is 79.9. The molecule has 1 aliphatic carbocycles. The molecule has 0 aromatic carbocycles. The molecule has 0 amide bonds. The molecule has 0 bridgehead atoms. The molecule has 1 aliphatic rings. The summed E-state index contributed by atoms with van der Waals surface area (Å²) in [7, 11) is 0. The van der Waals surface area contributed by atoms with Crippen LogP contribution in [0.15, 0.2) is 40.2 Å². The molecule has 170 valence electrons. The van der Waals surface area contributed by atoms with Gasteiger partial charge in [-0.2, -0.15) is 13.2 Å². The fourth-order valence-corrected chi connectivity index (χ4v) is 6.59. The number of aromatic nitrogens is 1. The minimum absolute atomic E-state index is 0.268. The van der Waals surface area contributed by atoms with Crippen molar-refractivity contribution in [2.75, 3.05) is 5.32 Å². The maximum Gasteiger partial charge on any atom is 0.490 e. The highest BCUT2D eigenvalue weighted by Crippen LogP contribution is 2.46. The molecule has 3 aromatic rings. The smallest absolute Gasteiger partial charge is 0.451 e. The van der Waals surface area contributed by atoms with Crippen molar-refractivity contribution in [2.24, 2.45) is 5.73 Å². The average Bonchev–Trinajstić information content (AvgIpc) is 3.34. The van der Waals surface area contributed by atoms with Gasteiger partial charge in [0, 0.05) is 28.4 Å². The van der Waals surface area contributed by atoms with Crippen LogP contribution in [-0.4, -0.2) is 29.3 Å². The summed E-state index contributed by atoms with van der Waals surface area (Å²) in [4.78, 5) is 17.7. The van der Waals surface area contributed by atoms with Gasteiger partial charge in [0.25, 0.3) is 0 Å². The van der Waals surface area contributed by atoms with Gasteiger partial charge in [0.1, 0.15) is 11.3 Å². The van der Waals surface area contributed by atoms with Gasteiger partial charge in [0.05, 0.1) is 26.3 Å². The predicted octanol–water partition coefficient (Wildman–Crippen LogP) is 6.23. The largest absolute Gasteiger partial charge is 0.490 e. The third-order valence-electron chi connectivity index (χ3n) is 4.94. The van der Waals surface area contributed by atoms with Gasteiger partial charge >= 0.3 is 12.1 Å². The number of pyridine rings is 1. The number of hydrogen-bond donors (Lipinski definition) is 2. The van der Waals surface area contributed by atoms with Crippen molar-refractivity contribution in [1.29, 1.82) is 0 Å².